The summed E-state index contributed by atoms with van der Waals surface area (Å²) in [4.78, 5) is 60.2. The lowest BCUT2D eigenvalue weighted by Gasteiger charge is -2.35. The number of carbonyl (C=O) groups excluding carboxylic acids is 3. The molecular weight excluding hydrogens is 729 g/mol. The molecule has 1 saturated heterocycles. The molecule has 2 atom stereocenters. The van der Waals surface area contributed by atoms with Gasteiger partial charge in [0, 0.05) is 81.3 Å². The van der Waals surface area contributed by atoms with Crippen LogP contribution in [-0.4, -0.2) is 111 Å². The second-order valence-corrected chi connectivity index (χ2v) is 15.9. The van der Waals surface area contributed by atoms with Crippen molar-refractivity contribution in [3.8, 4) is 0 Å². The minimum Gasteiger partial charge on any atom is -0.596 e. The van der Waals surface area contributed by atoms with Crippen LogP contribution in [0.15, 0.2) is 72.0 Å². The fourth-order valence-corrected chi connectivity index (χ4v) is 6.60. The number of esters is 1. The number of ether oxygens (including phenoxy) is 2. The van der Waals surface area contributed by atoms with E-state index >= 15 is 0 Å². The van der Waals surface area contributed by atoms with Crippen molar-refractivity contribution >= 4 is 34.9 Å². The number of nitrogens with zero attached hydrogens (tertiary/aromatic N) is 4. The number of β-amino-alcohol motifs (C(OH)–C–C–N with tert-alkyl or cyclic N) is 1. The molecule has 1 aliphatic heterocycles. The molecule has 2 aromatic carbocycles. The zero-order valence-corrected chi connectivity index (χ0v) is 33.7. The maximum atomic E-state index is 14.0. The lowest BCUT2D eigenvalue weighted by Crippen LogP contribution is -2.52. The minimum absolute atomic E-state index is 0.0713. The third kappa shape index (κ3) is 12.3. The molecule has 1 aliphatic rings. The number of aromatic nitrogens is 3. The number of aliphatic hydroxyl groups is 1. The van der Waals surface area contributed by atoms with Crippen molar-refractivity contribution in [2.75, 3.05) is 45.9 Å². The molecule has 15 nitrogen and oxygen atoms in total. The van der Waals surface area contributed by atoms with Crippen LogP contribution >= 0.6 is 0 Å². The summed E-state index contributed by atoms with van der Waals surface area (Å²) in [5.41, 5.74) is 1.40. The molecule has 1 fully saturated rings. The van der Waals surface area contributed by atoms with Crippen molar-refractivity contribution in [2.45, 2.75) is 90.0 Å². The van der Waals surface area contributed by atoms with E-state index < -0.39 is 41.1 Å². The van der Waals surface area contributed by atoms with Crippen molar-refractivity contribution in [3.05, 3.63) is 89.6 Å². The summed E-state index contributed by atoms with van der Waals surface area (Å²) in [6.07, 6.45) is 4.55. The second kappa shape index (κ2) is 19.6. The number of nitrogens with one attached hydrogen (secondary N) is 4. The average Bonchev–Trinajstić information content (AvgIpc) is 3.85. The molecule has 15 heteroatoms. The lowest BCUT2D eigenvalue weighted by molar-refractivity contribution is -0.252. The predicted octanol–water partition coefficient (Wildman–Crippen LogP) is 3.70. The van der Waals surface area contributed by atoms with Crippen molar-refractivity contribution in [1.29, 1.82) is 0 Å². The van der Waals surface area contributed by atoms with Gasteiger partial charge in [-0.05, 0) is 71.1 Å². The van der Waals surface area contributed by atoms with Gasteiger partial charge in [0.15, 0.2) is 0 Å². The van der Waals surface area contributed by atoms with E-state index in [2.05, 4.69) is 35.5 Å². The Bertz CT molecular complexity index is 1940. The Morgan fingerprint density at radius 1 is 0.982 bits per heavy atom. The van der Waals surface area contributed by atoms with Crippen LogP contribution in [0.3, 0.4) is 0 Å². The number of aromatic amines is 2. The van der Waals surface area contributed by atoms with E-state index in [1.54, 1.807) is 45.7 Å². The van der Waals surface area contributed by atoms with E-state index in [-0.39, 0.29) is 32.2 Å². The number of benzene rings is 2. The van der Waals surface area contributed by atoms with Gasteiger partial charge in [-0.25, -0.2) is 14.6 Å². The van der Waals surface area contributed by atoms with Crippen molar-refractivity contribution in [3.63, 3.8) is 0 Å². The summed E-state index contributed by atoms with van der Waals surface area (Å²) in [6.45, 7) is 12.1. The molecule has 57 heavy (non-hydrogen) atoms. The topological polar surface area (TPSA) is 200 Å². The van der Waals surface area contributed by atoms with E-state index in [1.165, 1.54) is 0 Å². The average molecular weight is 786 g/mol. The summed E-state index contributed by atoms with van der Waals surface area (Å²) < 4.78 is 10.9. The molecule has 0 saturated carbocycles. The normalized spacial score (nSPS) is 15.3. The third-order valence-corrected chi connectivity index (χ3v) is 9.98. The second-order valence-electron chi connectivity index (χ2n) is 15.9. The molecule has 0 spiro atoms. The number of aliphatic hydroxyl groups excluding tert-OH is 1. The number of piperazine rings is 1. The van der Waals surface area contributed by atoms with Crippen molar-refractivity contribution in [2.24, 2.45) is 4.99 Å². The summed E-state index contributed by atoms with van der Waals surface area (Å²) in [5, 5.41) is 28.6. The monoisotopic (exact) mass is 785 g/mol. The summed E-state index contributed by atoms with van der Waals surface area (Å²) in [7, 11) is 0. The highest BCUT2D eigenvalue weighted by molar-refractivity contribution is 5.91. The molecule has 3 amide bonds. The molecule has 4 aromatic rings. The molecule has 5 N–H and O–H groups in total. The SMILES string of the molecule is CC(C)(C)OC(=O)[C@@H](CCCCN=C([O-])OCc1ccccc1)NC(=O)C(C)(C)c1cnc([C@@H](Cc2c[nH]c3ccccc23)NC(=O)N2CCN(CCO)CC2)[nH]1. The molecule has 3 heterocycles. The molecule has 308 valence electrons. The molecule has 0 radical (unpaired) electrons. The van der Waals surface area contributed by atoms with Crippen molar-refractivity contribution < 1.29 is 34.1 Å². The number of aliphatic imine (C=N–C) groups is 1. The highest BCUT2D eigenvalue weighted by atomic mass is 16.6. The first-order chi connectivity index (χ1) is 27.2. The number of rotatable bonds is 17. The Morgan fingerprint density at radius 2 is 1.70 bits per heavy atom. The molecule has 0 unspecified atom stereocenters. The first-order valence-electron chi connectivity index (χ1n) is 19.6. The predicted molar refractivity (Wildman–Crippen MR) is 215 cm³/mol. The number of imidazole rings is 1. The van der Waals surface area contributed by atoms with Gasteiger partial charge in [0.1, 0.15) is 23.6 Å². The molecule has 5 rings (SSSR count). The number of urea groups is 1. The lowest BCUT2D eigenvalue weighted by atomic mass is 9.88. The summed E-state index contributed by atoms with van der Waals surface area (Å²) in [5.74, 6) is -0.492. The number of unbranched alkanes of at least 4 members (excludes halogenated alkanes) is 1. The highest BCUT2D eigenvalue weighted by Crippen LogP contribution is 2.28. The highest BCUT2D eigenvalue weighted by Gasteiger charge is 2.37. The fraction of sp³-hybridized carbons (Fsp3) is 0.500. The summed E-state index contributed by atoms with van der Waals surface area (Å²) in [6, 6.07) is 15.5. The smallest absolute Gasteiger partial charge is 0.329 e. The Hall–Kier alpha value is -5.41. The Kier molecular flexibility index (Phi) is 14.7. The van der Waals surface area contributed by atoms with E-state index in [0.29, 0.717) is 63.5 Å². The molecule has 0 bridgehead atoms. The number of fused-ring (bicyclic) bond motifs is 1. The van der Waals surface area contributed by atoms with Gasteiger partial charge in [0.25, 0.3) is 0 Å². The number of carbonyl (C=O) groups is 3. The standard InChI is InChI=1S/C42H58N8O7/c1-41(2,3)57-37(52)33(17-11-12-18-43-40(55)56-28-29-13-7-6-8-14-29)46-38(53)42(4,5)35-27-45-36(48-35)34(25-30-26-44-32-16-10-9-15-31(30)32)47-39(54)50-21-19-49(20-22-50)23-24-51/h6-10,13-16,26-27,33-34,44,51H,11-12,17-25,28H2,1-5H3,(H,43,55)(H,45,48)(H,46,53)(H,47,54)/p-1/t33-,34-/m1/s1. The molecule has 0 aliphatic carbocycles. The maximum Gasteiger partial charge on any atom is 0.329 e. The van der Waals surface area contributed by atoms with Gasteiger partial charge in [-0.3, -0.25) is 14.7 Å². The van der Waals surface area contributed by atoms with Crippen LogP contribution in [0.25, 0.3) is 10.9 Å². The minimum atomic E-state index is -1.16. The number of amides is 3. The number of para-hydroxylation sites is 1. The van der Waals surface area contributed by atoms with Crippen LogP contribution in [0.4, 0.5) is 4.79 Å². The number of hydrogen-bond donors (Lipinski definition) is 5. The van der Waals surface area contributed by atoms with Crippen LogP contribution in [0.2, 0.25) is 0 Å². The number of hydrogen-bond acceptors (Lipinski definition) is 10. The van der Waals surface area contributed by atoms with Gasteiger partial charge < -0.3 is 45.2 Å². The zero-order valence-electron chi connectivity index (χ0n) is 33.7. The van der Waals surface area contributed by atoms with E-state index in [4.69, 9.17) is 9.47 Å². The molecular formula is C42H57N8O7-. The van der Waals surface area contributed by atoms with Gasteiger partial charge in [-0.1, -0.05) is 48.5 Å². The van der Waals surface area contributed by atoms with E-state index in [0.717, 1.165) is 22.0 Å². The van der Waals surface area contributed by atoms with Gasteiger partial charge in [-0.2, -0.15) is 0 Å². The van der Waals surface area contributed by atoms with E-state index in [1.807, 2.05) is 60.8 Å². The first-order valence-corrected chi connectivity index (χ1v) is 19.6. The van der Waals surface area contributed by atoms with Crippen LogP contribution in [0.1, 0.15) is 82.6 Å². The zero-order chi connectivity index (χ0) is 41.0. The Morgan fingerprint density at radius 3 is 2.42 bits per heavy atom. The summed E-state index contributed by atoms with van der Waals surface area (Å²) >= 11 is 0. The van der Waals surface area contributed by atoms with Gasteiger partial charge in [0.2, 0.25) is 5.91 Å². The van der Waals surface area contributed by atoms with Crippen LogP contribution < -0.4 is 15.7 Å². The van der Waals surface area contributed by atoms with Crippen LogP contribution in [-0.2, 0) is 37.5 Å². The van der Waals surface area contributed by atoms with E-state index in [9.17, 15) is 24.6 Å². The first kappa shape index (κ1) is 42.7. The van der Waals surface area contributed by atoms with Crippen LogP contribution in [0, 0.1) is 0 Å². The van der Waals surface area contributed by atoms with Crippen LogP contribution in [0.5, 0.6) is 0 Å². The molecule has 2 aromatic heterocycles. The largest absolute Gasteiger partial charge is 0.596 e. The van der Waals surface area contributed by atoms with Gasteiger partial charge in [0.05, 0.1) is 18.1 Å². The number of H-pyrrole nitrogens is 2. The van der Waals surface area contributed by atoms with Gasteiger partial charge >= 0.3 is 12.0 Å². The Labute approximate surface area is 334 Å². The maximum absolute atomic E-state index is 14.0. The Balaban J connectivity index is 1.26. The third-order valence-electron chi connectivity index (χ3n) is 9.98. The van der Waals surface area contributed by atoms with Gasteiger partial charge in [-0.15, -0.1) is 0 Å². The van der Waals surface area contributed by atoms with Crippen molar-refractivity contribution in [1.82, 2.24) is 35.4 Å². The fourth-order valence-electron chi connectivity index (χ4n) is 6.60. The quantitative estimate of drug-likeness (QED) is 0.0458.